The topological polar surface area (TPSA) is 52.6 Å². The predicted octanol–water partition coefficient (Wildman–Crippen LogP) is 1.07. The lowest BCUT2D eigenvalue weighted by molar-refractivity contribution is -0.143. The van der Waals surface area contributed by atoms with Gasteiger partial charge in [0.15, 0.2) is 0 Å². The highest BCUT2D eigenvalue weighted by atomic mass is 16.4. The number of hydrogen-bond donors (Lipinski definition) is 2. The summed E-state index contributed by atoms with van der Waals surface area (Å²) in [5.74, 6) is -0.665. The maximum absolute atomic E-state index is 11.0. The first-order valence-electron chi connectivity index (χ1n) is 6.37. The third-order valence-electron chi connectivity index (χ3n) is 4.10. The molecule has 0 saturated carbocycles. The Morgan fingerprint density at radius 3 is 2.75 bits per heavy atom. The molecule has 0 spiro atoms. The predicted molar refractivity (Wildman–Crippen MR) is 62.5 cm³/mol. The van der Waals surface area contributed by atoms with Gasteiger partial charge in [0.05, 0.1) is 12.0 Å². The molecule has 2 saturated heterocycles. The Hall–Kier alpha value is -0.610. The van der Waals surface area contributed by atoms with E-state index < -0.39 is 5.97 Å². The molecule has 2 aliphatic heterocycles. The van der Waals surface area contributed by atoms with Crippen molar-refractivity contribution in [3.8, 4) is 0 Å². The number of carboxylic acids is 1. The van der Waals surface area contributed by atoms with Crippen LogP contribution in [0.2, 0.25) is 0 Å². The molecule has 2 heterocycles. The van der Waals surface area contributed by atoms with E-state index in [2.05, 4.69) is 17.1 Å². The second kappa shape index (κ2) is 4.72. The van der Waals surface area contributed by atoms with Crippen LogP contribution in [-0.2, 0) is 4.79 Å². The number of aliphatic carboxylic acids is 1. The van der Waals surface area contributed by atoms with Crippen molar-refractivity contribution < 1.29 is 9.90 Å². The molecule has 2 fully saturated rings. The molecule has 0 aromatic rings. The SMILES string of the molecule is CCC1CCCCN1C1(CC(=O)O)CNC1. The van der Waals surface area contributed by atoms with E-state index in [9.17, 15) is 4.79 Å². The van der Waals surface area contributed by atoms with E-state index in [0.29, 0.717) is 6.04 Å². The zero-order chi connectivity index (χ0) is 11.6. The average Bonchev–Trinajstić information content (AvgIpc) is 2.23. The molecule has 1 atom stereocenters. The van der Waals surface area contributed by atoms with Crippen LogP contribution in [0.15, 0.2) is 0 Å². The summed E-state index contributed by atoms with van der Waals surface area (Å²) in [4.78, 5) is 13.5. The van der Waals surface area contributed by atoms with Gasteiger partial charge < -0.3 is 10.4 Å². The van der Waals surface area contributed by atoms with Crippen molar-refractivity contribution in [3.05, 3.63) is 0 Å². The fourth-order valence-electron chi connectivity index (χ4n) is 3.17. The summed E-state index contributed by atoms with van der Waals surface area (Å²) in [5, 5.41) is 12.3. The molecule has 2 aliphatic rings. The summed E-state index contributed by atoms with van der Waals surface area (Å²) in [7, 11) is 0. The molecule has 16 heavy (non-hydrogen) atoms. The van der Waals surface area contributed by atoms with Crippen LogP contribution in [0.4, 0.5) is 0 Å². The van der Waals surface area contributed by atoms with Gasteiger partial charge in [0, 0.05) is 19.1 Å². The van der Waals surface area contributed by atoms with Crippen molar-refractivity contribution in [2.24, 2.45) is 0 Å². The molecule has 0 amide bonds. The number of piperidine rings is 1. The summed E-state index contributed by atoms with van der Waals surface area (Å²) in [5.41, 5.74) is -0.0903. The Kier molecular flexibility index (Phi) is 3.50. The van der Waals surface area contributed by atoms with Crippen LogP contribution < -0.4 is 5.32 Å². The smallest absolute Gasteiger partial charge is 0.305 e. The van der Waals surface area contributed by atoms with Gasteiger partial charge in [-0.2, -0.15) is 0 Å². The zero-order valence-corrected chi connectivity index (χ0v) is 10.0. The molecule has 0 radical (unpaired) electrons. The van der Waals surface area contributed by atoms with Crippen LogP contribution in [0.1, 0.15) is 39.0 Å². The highest BCUT2D eigenvalue weighted by Gasteiger charge is 2.46. The second-order valence-electron chi connectivity index (χ2n) is 5.15. The molecule has 0 aromatic carbocycles. The van der Waals surface area contributed by atoms with Gasteiger partial charge in [-0.3, -0.25) is 9.69 Å². The molecular formula is C12H22N2O2. The maximum Gasteiger partial charge on any atom is 0.305 e. The van der Waals surface area contributed by atoms with Gasteiger partial charge in [-0.1, -0.05) is 13.3 Å². The monoisotopic (exact) mass is 226 g/mol. The first kappa shape index (κ1) is 11.9. The van der Waals surface area contributed by atoms with Crippen LogP contribution >= 0.6 is 0 Å². The van der Waals surface area contributed by atoms with Gasteiger partial charge in [-0.25, -0.2) is 0 Å². The van der Waals surface area contributed by atoms with Crippen molar-refractivity contribution in [3.63, 3.8) is 0 Å². The van der Waals surface area contributed by atoms with Crippen molar-refractivity contribution in [1.82, 2.24) is 10.2 Å². The number of hydrogen-bond acceptors (Lipinski definition) is 3. The first-order valence-corrected chi connectivity index (χ1v) is 6.37. The van der Waals surface area contributed by atoms with Gasteiger partial charge in [-0.15, -0.1) is 0 Å². The van der Waals surface area contributed by atoms with Crippen molar-refractivity contribution in [2.45, 2.75) is 50.6 Å². The minimum atomic E-state index is -0.665. The number of carboxylic acid groups (broad SMARTS) is 1. The summed E-state index contributed by atoms with van der Waals surface area (Å²) in [6.07, 6.45) is 5.18. The fourth-order valence-corrected chi connectivity index (χ4v) is 3.17. The lowest BCUT2D eigenvalue weighted by atomic mass is 9.82. The minimum Gasteiger partial charge on any atom is -0.481 e. The van der Waals surface area contributed by atoms with Gasteiger partial charge >= 0.3 is 5.97 Å². The largest absolute Gasteiger partial charge is 0.481 e. The summed E-state index contributed by atoms with van der Waals surface area (Å²) < 4.78 is 0. The van der Waals surface area contributed by atoms with E-state index in [1.165, 1.54) is 19.3 Å². The number of rotatable bonds is 4. The number of nitrogens with zero attached hydrogens (tertiary/aromatic N) is 1. The van der Waals surface area contributed by atoms with Gasteiger partial charge in [-0.05, 0) is 25.8 Å². The first-order chi connectivity index (χ1) is 7.68. The molecule has 0 aliphatic carbocycles. The van der Waals surface area contributed by atoms with E-state index in [0.717, 1.165) is 26.1 Å². The Morgan fingerprint density at radius 2 is 2.25 bits per heavy atom. The van der Waals surface area contributed by atoms with Crippen LogP contribution in [-0.4, -0.2) is 47.2 Å². The van der Waals surface area contributed by atoms with Gasteiger partial charge in [0.2, 0.25) is 0 Å². The number of carbonyl (C=O) groups is 1. The molecule has 2 N–H and O–H groups in total. The highest BCUT2D eigenvalue weighted by Crippen LogP contribution is 2.32. The zero-order valence-electron chi connectivity index (χ0n) is 10.0. The Bertz CT molecular complexity index is 264. The lowest BCUT2D eigenvalue weighted by Crippen LogP contribution is -2.72. The summed E-state index contributed by atoms with van der Waals surface area (Å²) in [6, 6.07) is 0.593. The van der Waals surface area contributed by atoms with Crippen molar-refractivity contribution in [2.75, 3.05) is 19.6 Å². The van der Waals surface area contributed by atoms with Gasteiger partial charge in [0.25, 0.3) is 0 Å². The third kappa shape index (κ3) is 2.09. The van der Waals surface area contributed by atoms with Crippen LogP contribution in [0.5, 0.6) is 0 Å². The highest BCUT2D eigenvalue weighted by molar-refractivity contribution is 5.69. The Labute approximate surface area is 97.0 Å². The van der Waals surface area contributed by atoms with Crippen molar-refractivity contribution in [1.29, 1.82) is 0 Å². The fraction of sp³-hybridized carbons (Fsp3) is 0.917. The summed E-state index contributed by atoms with van der Waals surface area (Å²) >= 11 is 0. The molecule has 0 aromatic heterocycles. The van der Waals surface area contributed by atoms with E-state index >= 15 is 0 Å². The molecule has 0 bridgehead atoms. The van der Waals surface area contributed by atoms with E-state index in [1.807, 2.05) is 0 Å². The minimum absolute atomic E-state index is 0.0903. The molecular weight excluding hydrogens is 204 g/mol. The molecule has 4 heteroatoms. The average molecular weight is 226 g/mol. The van der Waals surface area contributed by atoms with E-state index in [4.69, 9.17) is 5.11 Å². The molecule has 2 rings (SSSR count). The van der Waals surface area contributed by atoms with Gasteiger partial charge in [0.1, 0.15) is 0 Å². The van der Waals surface area contributed by atoms with Crippen LogP contribution in [0.25, 0.3) is 0 Å². The lowest BCUT2D eigenvalue weighted by Gasteiger charge is -2.54. The normalized spacial score (nSPS) is 29.7. The molecule has 4 nitrogen and oxygen atoms in total. The second-order valence-corrected chi connectivity index (χ2v) is 5.15. The summed E-state index contributed by atoms with van der Waals surface area (Å²) in [6.45, 7) is 4.97. The van der Waals surface area contributed by atoms with E-state index in [1.54, 1.807) is 0 Å². The number of nitrogens with one attached hydrogen (secondary N) is 1. The standard InChI is InChI=1S/C12H22N2O2/c1-2-10-5-3-4-6-14(10)12(7-11(15)16)8-13-9-12/h10,13H,2-9H2,1H3,(H,15,16). The third-order valence-corrected chi connectivity index (χ3v) is 4.10. The maximum atomic E-state index is 11.0. The molecule has 92 valence electrons. The van der Waals surface area contributed by atoms with E-state index in [-0.39, 0.29) is 12.0 Å². The molecule has 1 unspecified atom stereocenters. The Morgan fingerprint density at radius 1 is 1.50 bits per heavy atom. The Balaban J connectivity index is 2.09. The van der Waals surface area contributed by atoms with Crippen LogP contribution in [0.3, 0.4) is 0 Å². The quantitative estimate of drug-likeness (QED) is 0.753. The van der Waals surface area contributed by atoms with Crippen LogP contribution in [0, 0.1) is 0 Å². The number of likely N-dealkylation sites (tertiary alicyclic amines) is 1. The van der Waals surface area contributed by atoms with Crippen molar-refractivity contribution >= 4 is 5.97 Å².